The zero-order valence-electron chi connectivity index (χ0n) is 35.7. The minimum Gasteiger partial charge on any atom is -0.870 e. The summed E-state index contributed by atoms with van der Waals surface area (Å²) in [5, 5.41) is 26.5. The Bertz CT molecular complexity index is 1070. The fourth-order valence-electron chi connectivity index (χ4n) is 6.33. The van der Waals surface area contributed by atoms with Gasteiger partial charge < -0.3 is 83.2 Å². The summed E-state index contributed by atoms with van der Waals surface area (Å²) in [6.07, 6.45) is 0. The van der Waals surface area contributed by atoms with Crippen molar-refractivity contribution < 1.29 is 56.9 Å². The van der Waals surface area contributed by atoms with E-state index in [4.69, 9.17) is 45.9 Å². The van der Waals surface area contributed by atoms with E-state index in [1.807, 2.05) is 0 Å². The van der Waals surface area contributed by atoms with E-state index in [9.17, 15) is 0 Å². The first-order valence-electron chi connectivity index (χ1n) is 19.9. The largest absolute Gasteiger partial charge is 1.00 e. The van der Waals surface area contributed by atoms with Crippen LogP contribution in [0.3, 0.4) is 0 Å². The Kier molecular flexibility index (Phi) is 50.1. The van der Waals surface area contributed by atoms with E-state index in [0.29, 0.717) is 52.4 Å². The first-order valence-corrected chi connectivity index (χ1v) is 26.6. The van der Waals surface area contributed by atoms with Gasteiger partial charge in [0.2, 0.25) is 0 Å². The second kappa shape index (κ2) is 45.2. The van der Waals surface area contributed by atoms with Crippen molar-refractivity contribution in [2.75, 3.05) is 91.6 Å². The normalized spacial score (nSPS) is 10.7. The molecule has 0 spiro atoms. The van der Waals surface area contributed by atoms with E-state index in [1.54, 1.807) is 0 Å². The molecule has 0 aliphatic heterocycles. The molecule has 2 aromatic rings. The first-order chi connectivity index (χ1) is 28.3. The van der Waals surface area contributed by atoms with Crippen molar-refractivity contribution in [3.8, 4) is 0 Å². The molecule has 0 heterocycles. The summed E-state index contributed by atoms with van der Waals surface area (Å²) in [4.78, 5) is 0. The smallest absolute Gasteiger partial charge is 0.870 e. The summed E-state index contributed by atoms with van der Waals surface area (Å²) < 4.78 is 0. The van der Waals surface area contributed by atoms with Crippen LogP contribution < -0.4 is 129 Å². The molecule has 0 atom stereocenters. The Labute approximate surface area is 454 Å². The van der Waals surface area contributed by atoms with E-state index in [1.165, 1.54) is 66.8 Å². The van der Waals surface area contributed by atoms with Crippen LogP contribution in [-0.4, -0.2) is 97.1 Å². The second-order valence-electron chi connectivity index (χ2n) is 12.9. The van der Waals surface area contributed by atoms with Crippen LogP contribution >= 0.6 is 95.6 Å². The van der Waals surface area contributed by atoms with Gasteiger partial charge in [0, 0.05) is 163 Å². The Morgan fingerprint density at radius 2 is 0.383 bits per heavy atom. The molecule has 0 aliphatic rings. The molecule has 0 radical (unpaired) electrons. The number of hydrogen-bond donors (Lipinski definition) is 14. The van der Waals surface area contributed by atoms with Crippen molar-refractivity contribution in [1.82, 2.24) is 31.9 Å². The quantitative estimate of drug-likeness (QED) is 0.0239. The van der Waals surface area contributed by atoms with E-state index in [-0.39, 0.29) is 56.9 Å². The van der Waals surface area contributed by atoms with Gasteiger partial charge in [-0.05, 0) is 66.8 Å². The van der Waals surface area contributed by atoms with Crippen LogP contribution in [0.1, 0.15) is 66.8 Å². The third-order valence-corrected chi connectivity index (χ3v) is 12.4. The van der Waals surface area contributed by atoms with Gasteiger partial charge in [0.05, 0.1) is 0 Å². The van der Waals surface area contributed by atoms with Crippen LogP contribution in [0.15, 0.2) is 0 Å². The van der Waals surface area contributed by atoms with E-state index in [2.05, 4.69) is 127 Å². The van der Waals surface area contributed by atoms with Crippen LogP contribution in [-0.2, 0) is 71.2 Å². The van der Waals surface area contributed by atoms with E-state index >= 15 is 0 Å². The summed E-state index contributed by atoms with van der Waals surface area (Å²) >= 11 is 21.8. The molecule has 2 aromatic carbocycles. The second-order valence-corrected chi connectivity index (χ2v) is 16.3. The number of hydrogen-bond acceptors (Lipinski definition) is 15. The number of rotatable bonds is 31. The maximum absolute atomic E-state index is 5.80. The molecule has 0 aromatic heterocycles. The van der Waals surface area contributed by atoms with E-state index < -0.39 is 0 Å². The Morgan fingerprint density at radius 3 is 0.467 bits per heavy atom. The predicted octanol–water partition coefficient (Wildman–Crippen LogP) is -1.24. The summed E-state index contributed by atoms with van der Waals surface area (Å²) in [5.41, 5.74) is 60.7. The molecule has 23 N–H and O–H groups in total. The predicted molar refractivity (Wildman–Crippen MR) is 273 cm³/mol. The van der Waals surface area contributed by atoms with Crippen LogP contribution in [0.5, 0.6) is 0 Å². The van der Waals surface area contributed by atoms with Gasteiger partial charge in [-0.25, -0.2) is 0 Å². The van der Waals surface area contributed by atoms with Crippen LogP contribution in [0.25, 0.3) is 0 Å². The van der Waals surface area contributed by atoms with Crippen molar-refractivity contribution >= 4 is 95.6 Å². The molecule has 346 valence electrons. The standard InChI is InChI=1S/C24H54N12.C12H12Br6.C2H8N2.K.H2O/c25-1-7-31-13-19-20(14-32-8-2-26)22(16-34-10-4-28)24(18-36-12-6-30)23(17-35-11-5-29)21(19)15-33-9-3-27;13-1-7-8(2-14)10(4-16)12(6-18)11(5-17)9(7)3-15;3-1-2-4;;/h31-36H,1-18,25-30H2;1-6H2;1-4H2;;1H2/q;;;+1;/p-1. The Morgan fingerprint density at radius 1 is 0.250 bits per heavy atom. The zero-order valence-corrected chi connectivity index (χ0v) is 48.4. The average molecular weight is 1260 g/mol. The van der Waals surface area contributed by atoms with Gasteiger partial charge in [0.1, 0.15) is 0 Å². The van der Waals surface area contributed by atoms with Gasteiger partial charge in [0.25, 0.3) is 0 Å². The Hall–Kier alpha value is 2.36. The number of halogens is 6. The van der Waals surface area contributed by atoms with Crippen molar-refractivity contribution in [3.05, 3.63) is 66.8 Å². The maximum Gasteiger partial charge on any atom is 1.00 e. The van der Waals surface area contributed by atoms with Crippen LogP contribution in [0.2, 0.25) is 0 Å². The van der Waals surface area contributed by atoms with Gasteiger partial charge in [-0.2, -0.15) is 0 Å². The van der Waals surface area contributed by atoms with Gasteiger partial charge >= 0.3 is 51.4 Å². The first kappa shape index (κ1) is 66.6. The number of nitrogens with one attached hydrogen (secondary N) is 6. The molecular weight excluding hydrogens is 1190 g/mol. The molecular formula is C38H75Br6KN14O. The molecule has 60 heavy (non-hydrogen) atoms. The molecule has 2 rings (SSSR count). The van der Waals surface area contributed by atoms with Gasteiger partial charge in [-0.15, -0.1) is 0 Å². The molecule has 0 bridgehead atoms. The van der Waals surface area contributed by atoms with Crippen molar-refractivity contribution in [2.45, 2.75) is 71.2 Å². The van der Waals surface area contributed by atoms with E-state index in [0.717, 1.165) is 111 Å². The van der Waals surface area contributed by atoms with Gasteiger partial charge in [-0.3, -0.25) is 0 Å². The molecule has 0 amide bonds. The average Bonchev–Trinajstić information content (AvgIpc) is 3.25. The van der Waals surface area contributed by atoms with Crippen molar-refractivity contribution in [3.63, 3.8) is 0 Å². The molecule has 0 saturated heterocycles. The minimum absolute atomic E-state index is 0. The van der Waals surface area contributed by atoms with Crippen LogP contribution in [0.4, 0.5) is 0 Å². The molecule has 15 nitrogen and oxygen atoms in total. The third kappa shape index (κ3) is 24.4. The Balaban J connectivity index is -0.00000113. The topological polar surface area (TPSA) is 310 Å². The fourth-order valence-corrected chi connectivity index (χ4v) is 10.4. The molecule has 22 heteroatoms. The molecule has 0 aliphatic carbocycles. The monoisotopic (exact) mass is 1260 g/mol. The van der Waals surface area contributed by atoms with Crippen molar-refractivity contribution in [1.29, 1.82) is 0 Å². The number of nitrogens with two attached hydrogens (primary N) is 8. The third-order valence-electron chi connectivity index (χ3n) is 9.08. The number of benzene rings is 2. The molecule has 0 fully saturated rings. The number of alkyl halides is 6. The van der Waals surface area contributed by atoms with Gasteiger partial charge in [-0.1, -0.05) is 95.6 Å². The maximum atomic E-state index is 5.80. The van der Waals surface area contributed by atoms with Gasteiger partial charge in [0.15, 0.2) is 0 Å². The molecule has 0 unspecified atom stereocenters. The van der Waals surface area contributed by atoms with Crippen LogP contribution in [0, 0.1) is 0 Å². The SMILES string of the molecule is BrCc1c(CBr)c(CBr)c(CBr)c(CBr)c1CBr.NCCN.NCCNCc1c(CNCCN)c(CNCCN)c(CNCCN)c(CNCCN)c1CNCCN.[K+].[OH-]. The summed E-state index contributed by atoms with van der Waals surface area (Å²) in [6.45, 7) is 13.5. The zero-order chi connectivity index (χ0) is 43.6. The summed E-state index contributed by atoms with van der Waals surface area (Å²) in [7, 11) is 0. The summed E-state index contributed by atoms with van der Waals surface area (Å²) in [6, 6.07) is 0. The minimum atomic E-state index is 0. The van der Waals surface area contributed by atoms with Crippen molar-refractivity contribution in [2.24, 2.45) is 45.9 Å². The molecule has 0 saturated carbocycles. The fraction of sp³-hybridized carbons (Fsp3) is 0.684. The summed E-state index contributed by atoms with van der Waals surface area (Å²) in [5.74, 6) is 0.